The van der Waals surface area contributed by atoms with E-state index in [0.717, 1.165) is 28.8 Å². The van der Waals surface area contributed by atoms with Crippen LogP contribution in [0.5, 0.6) is 0 Å². The minimum absolute atomic E-state index is 0.0464. The Balaban J connectivity index is 1.46. The van der Waals surface area contributed by atoms with E-state index in [0.29, 0.717) is 23.0 Å². The van der Waals surface area contributed by atoms with Crippen LogP contribution in [0.15, 0.2) is 36.8 Å². The lowest BCUT2D eigenvalue weighted by Gasteiger charge is -2.22. The quantitative estimate of drug-likeness (QED) is 0.544. The molecule has 29 heavy (non-hydrogen) atoms. The molecule has 2 heterocycles. The van der Waals surface area contributed by atoms with Crippen molar-refractivity contribution in [1.82, 2.24) is 25.6 Å². The maximum absolute atomic E-state index is 12.8. The summed E-state index contributed by atoms with van der Waals surface area (Å²) in [5, 5.41) is 7.96. The number of benzene rings is 1. The monoisotopic (exact) mass is 411 g/mol. The van der Waals surface area contributed by atoms with E-state index < -0.39 is 0 Å². The molecule has 3 aromatic rings. The molecule has 1 fully saturated rings. The number of fused-ring (bicyclic) bond motifs is 1. The molecule has 1 atom stereocenters. The van der Waals surface area contributed by atoms with Crippen LogP contribution in [0.4, 0.5) is 0 Å². The number of nitrogens with one attached hydrogen (secondary N) is 3. The summed E-state index contributed by atoms with van der Waals surface area (Å²) in [6.07, 6.45) is 10.6. The molecule has 4 rings (SSSR count). The van der Waals surface area contributed by atoms with Crippen molar-refractivity contribution < 1.29 is 4.79 Å². The van der Waals surface area contributed by atoms with E-state index in [1.165, 1.54) is 25.7 Å². The van der Waals surface area contributed by atoms with Gasteiger partial charge in [0.05, 0.1) is 16.6 Å². The van der Waals surface area contributed by atoms with Crippen molar-refractivity contribution in [2.45, 2.75) is 38.6 Å². The van der Waals surface area contributed by atoms with Gasteiger partial charge in [0.1, 0.15) is 5.82 Å². The SMILES string of the molecule is Cc1ncc(C(CNC(=O)c2ccc3[nH]ccc3c2Cl)NCC2CCCC2)cn1. The Morgan fingerprint density at radius 1 is 1.24 bits per heavy atom. The van der Waals surface area contributed by atoms with Gasteiger partial charge in [-0.25, -0.2) is 9.97 Å². The maximum Gasteiger partial charge on any atom is 0.252 e. The summed E-state index contributed by atoms with van der Waals surface area (Å²) in [7, 11) is 0. The number of aryl methyl sites for hydroxylation is 1. The Bertz CT molecular complexity index is 979. The molecule has 3 N–H and O–H groups in total. The molecule has 152 valence electrons. The Morgan fingerprint density at radius 3 is 2.76 bits per heavy atom. The first-order valence-corrected chi connectivity index (χ1v) is 10.6. The van der Waals surface area contributed by atoms with Crippen molar-refractivity contribution in [3.8, 4) is 0 Å². The second-order valence-corrected chi connectivity index (χ2v) is 8.13. The van der Waals surface area contributed by atoms with E-state index in [1.807, 2.05) is 37.6 Å². The molecule has 1 aliphatic carbocycles. The summed E-state index contributed by atoms with van der Waals surface area (Å²) >= 11 is 6.46. The third-order valence-corrected chi connectivity index (χ3v) is 6.12. The van der Waals surface area contributed by atoms with Gasteiger partial charge in [-0.05, 0) is 50.4 Å². The molecular weight excluding hydrogens is 386 g/mol. The highest BCUT2D eigenvalue weighted by atomic mass is 35.5. The molecule has 0 bridgehead atoms. The largest absolute Gasteiger partial charge is 0.361 e. The number of hydrogen-bond donors (Lipinski definition) is 3. The summed E-state index contributed by atoms with van der Waals surface area (Å²) in [5.74, 6) is 1.25. The summed E-state index contributed by atoms with van der Waals surface area (Å²) in [6, 6.07) is 5.46. The number of rotatable bonds is 7. The van der Waals surface area contributed by atoms with Crippen molar-refractivity contribution in [2.75, 3.05) is 13.1 Å². The van der Waals surface area contributed by atoms with E-state index in [4.69, 9.17) is 11.6 Å². The van der Waals surface area contributed by atoms with Crippen molar-refractivity contribution in [3.05, 3.63) is 58.8 Å². The topological polar surface area (TPSA) is 82.7 Å². The second kappa shape index (κ2) is 8.93. The molecule has 0 radical (unpaired) electrons. The van der Waals surface area contributed by atoms with Crippen LogP contribution in [-0.4, -0.2) is 33.9 Å². The van der Waals surface area contributed by atoms with Gasteiger partial charge >= 0.3 is 0 Å². The van der Waals surface area contributed by atoms with Crippen LogP contribution < -0.4 is 10.6 Å². The molecule has 2 aromatic heterocycles. The third kappa shape index (κ3) is 4.60. The summed E-state index contributed by atoms with van der Waals surface area (Å²) in [6.45, 7) is 3.25. The summed E-state index contributed by atoms with van der Waals surface area (Å²) in [4.78, 5) is 24.6. The molecule has 1 saturated carbocycles. The summed E-state index contributed by atoms with van der Waals surface area (Å²) in [5.41, 5.74) is 2.37. The van der Waals surface area contributed by atoms with E-state index in [9.17, 15) is 4.79 Å². The van der Waals surface area contributed by atoms with E-state index in [2.05, 4.69) is 25.6 Å². The van der Waals surface area contributed by atoms with Crippen molar-refractivity contribution >= 4 is 28.4 Å². The molecule has 0 aliphatic heterocycles. The zero-order chi connectivity index (χ0) is 20.2. The number of amides is 1. The molecule has 0 spiro atoms. The van der Waals surface area contributed by atoms with Crippen LogP contribution in [0.25, 0.3) is 10.9 Å². The second-order valence-electron chi connectivity index (χ2n) is 7.75. The predicted molar refractivity (Wildman–Crippen MR) is 115 cm³/mol. The Labute approximate surface area is 175 Å². The first-order valence-electron chi connectivity index (χ1n) is 10.2. The zero-order valence-corrected chi connectivity index (χ0v) is 17.3. The van der Waals surface area contributed by atoms with Crippen LogP contribution in [0.3, 0.4) is 0 Å². The van der Waals surface area contributed by atoms with Crippen molar-refractivity contribution in [2.24, 2.45) is 5.92 Å². The van der Waals surface area contributed by atoms with E-state index in [1.54, 1.807) is 6.07 Å². The third-order valence-electron chi connectivity index (χ3n) is 5.71. The number of aromatic nitrogens is 3. The van der Waals surface area contributed by atoms with E-state index >= 15 is 0 Å². The van der Waals surface area contributed by atoms with Crippen molar-refractivity contribution in [1.29, 1.82) is 0 Å². The Kier molecular flexibility index (Phi) is 6.11. The molecule has 1 amide bonds. The molecule has 7 heteroatoms. The smallest absolute Gasteiger partial charge is 0.252 e. The fourth-order valence-corrected chi connectivity index (χ4v) is 4.29. The fourth-order valence-electron chi connectivity index (χ4n) is 3.98. The molecule has 0 saturated heterocycles. The Morgan fingerprint density at radius 2 is 2.00 bits per heavy atom. The highest BCUT2D eigenvalue weighted by Crippen LogP contribution is 2.27. The molecule has 1 aliphatic rings. The molecule has 6 nitrogen and oxygen atoms in total. The van der Waals surface area contributed by atoms with Gasteiger partial charge in [0.2, 0.25) is 0 Å². The van der Waals surface area contributed by atoms with Gasteiger partial charge in [-0.1, -0.05) is 24.4 Å². The number of H-pyrrole nitrogens is 1. The number of carbonyl (C=O) groups is 1. The van der Waals surface area contributed by atoms with E-state index in [-0.39, 0.29) is 11.9 Å². The number of carbonyl (C=O) groups excluding carboxylic acids is 1. The predicted octanol–water partition coefficient (Wildman–Crippen LogP) is 4.17. The average molecular weight is 412 g/mol. The number of aromatic amines is 1. The van der Waals surface area contributed by atoms with Gasteiger partial charge in [0, 0.05) is 41.6 Å². The average Bonchev–Trinajstić information content (AvgIpc) is 3.41. The van der Waals surface area contributed by atoms with Gasteiger partial charge in [0.25, 0.3) is 5.91 Å². The minimum Gasteiger partial charge on any atom is -0.361 e. The lowest BCUT2D eigenvalue weighted by Crippen LogP contribution is -2.37. The standard InChI is InChI=1S/C22H26ClN5O/c1-14-25-11-16(12-26-14)20(27-10-15-4-2-3-5-15)13-28-22(29)18-6-7-19-17(21(18)23)8-9-24-19/h6-9,11-12,15,20,24,27H,2-5,10,13H2,1H3,(H,28,29). The lowest BCUT2D eigenvalue weighted by molar-refractivity contribution is 0.0949. The van der Waals surface area contributed by atoms with Crippen LogP contribution in [0.2, 0.25) is 5.02 Å². The van der Waals surface area contributed by atoms with Crippen LogP contribution in [-0.2, 0) is 0 Å². The van der Waals surface area contributed by atoms with Gasteiger partial charge in [-0.15, -0.1) is 0 Å². The van der Waals surface area contributed by atoms with Crippen LogP contribution >= 0.6 is 11.6 Å². The minimum atomic E-state index is -0.182. The fraction of sp³-hybridized carbons (Fsp3) is 0.409. The molecular formula is C22H26ClN5O. The van der Waals surface area contributed by atoms with Gasteiger partial charge in [-0.2, -0.15) is 0 Å². The first-order chi connectivity index (χ1) is 14.1. The summed E-state index contributed by atoms with van der Waals surface area (Å²) < 4.78 is 0. The Hall–Kier alpha value is -2.44. The zero-order valence-electron chi connectivity index (χ0n) is 16.5. The highest BCUT2D eigenvalue weighted by Gasteiger charge is 2.20. The maximum atomic E-state index is 12.8. The first kappa shape index (κ1) is 19.9. The number of hydrogen-bond acceptors (Lipinski definition) is 4. The van der Waals surface area contributed by atoms with Gasteiger partial charge in [-0.3, -0.25) is 4.79 Å². The lowest BCUT2D eigenvalue weighted by atomic mass is 10.1. The van der Waals surface area contributed by atoms with Gasteiger partial charge in [0.15, 0.2) is 0 Å². The van der Waals surface area contributed by atoms with Gasteiger partial charge < -0.3 is 15.6 Å². The molecule has 1 aromatic carbocycles. The number of nitrogens with zero attached hydrogens (tertiary/aromatic N) is 2. The van der Waals surface area contributed by atoms with Crippen LogP contribution in [0.1, 0.15) is 53.5 Å². The highest BCUT2D eigenvalue weighted by molar-refractivity contribution is 6.38. The van der Waals surface area contributed by atoms with Crippen molar-refractivity contribution in [3.63, 3.8) is 0 Å². The van der Waals surface area contributed by atoms with Crippen LogP contribution in [0, 0.1) is 12.8 Å². The number of halogens is 1. The normalized spacial score (nSPS) is 15.7. The molecule has 1 unspecified atom stereocenters.